The van der Waals surface area contributed by atoms with Crippen molar-refractivity contribution in [3.63, 3.8) is 0 Å². The molecule has 0 radical (unpaired) electrons. The molecule has 0 aliphatic rings. The fraction of sp³-hybridized carbons (Fsp3) is 1.00. The maximum atomic E-state index is 11.0. The number of nitrogens with two attached hydrogens (primary N) is 3. The van der Waals surface area contributed by atoms with Crippen LogP contribution in [0.4, 0.5) is 0 Å². The Bertz CT molecular complexity index is 296. The Morgan fingerprint density at radius 3 is 1.81 bits per heavy atom. The second-order valence-electron chi connectivity index (χ2n) is 7.43. The first kappa shape index (κ1) is 20.8. The van der Waals surface area contributed by atoms with Crippen molar-refractivity contribution in [2.45, 2.75) is 72.6 Å². The molecule has 0 spiro atoms. The summed E-state index contributed by atoms with van der Waals surface area (Å²) in [5, 5.41) is 11.0. The fourth-order valence-corrected chi connectivity index (χ4v) is 3.15. The van der Waals surface area contributed by atoms with Crippen LogP contribution in [-0.2, 0) is 0 Å². The van der Waals surface area contributed by atoms with Crippen LogP contribution in [0.5, 0.6) is 0 Å². The average molecular weight is 302 g/mol. The molecule has 0 fully saturated rings. The Balaban J connectivity index is 5.04. The molecule has 0 rings (SSSR count). The fourth-order valence-electron chi connectivity index (χ4n) is 3.15. The first-order valence-electron chi connectivity index (χ1n) is 8.45. The highest BCUT2D eigenvalue weighted by molar-refractivity contribution is 4.98. The van der Waals surface area contributed by atoms with E-state index in [1.807, 2.05) is 20.8 Å². The van der Waals surface area contributed by atoms with Crippen molar-refractivity contribution >= 4 is 0 Å². The molecule has 128 valence electrons. The predicted octanol–water partition coefficient (Wildman–Crippen LogP) is 1.94. The lowest BCUT2D eigenvalue weighted by molar-refractivity contribution is -0.0620. The summed E-state index contributed by atoms with van der Waals surface area (Å²) in [6.45, 7) is 15.2. The molecular weight excluding hydrogens is 262 g/mol. The molecule has 4 heteroatoms. The van der Waals surface area contributed by atoms with Crippen LogP contribution in [0.1, 0.15) is 54.9 Å². The molecule has 8 atom stereocenters. The highest BCUT2D eigenvalue weighted by Crippen LogP contribution is 2.35. The third kappa shape index (κ3) is 4.92. The molecule has 8 unspecified atom stereocenters. The zero-order valence-corrected chi connectivity index (χ0v) is 15.1. The normalized spacial score (nSPS) is 25.3. The monoisotopic (exact) mass is 301 g/mol. The average Bonchev–Trinajstić information content (AvgIpc) is 2.48. The summed E-state index contributed by atoms with van der Waals surface area (Å²) in [6, 6.07) is -0.453. The molecule has 0 aromatic heterocycles. The molecule has 0 amide bonds. The van der Waals surface area contributed by atoms with Gasteiger partial charge in [-0.2, -0.15) is 0 Å². The maximum absolute atomic E-state index is 11.0. The quantitative estimate of drug-likeness (QED) is 0.523. The van der Waals surface area contributed by atoms with E-state index < -0.39 is 5.60 Å². The van der Waals surface area contributed by atoms with Crippen LogP contribution >= 0.6 is 0 Å². The van der Waals surface area contributed by atoms with Gasteiger partial charge in [-0.1, -0.05) is 48.0 Å². The van der Waals surface area contributed by atoms with E-state index in [1.165, 1.54) is 0 Å². The summed E-state index contributed by atoms with van der Waals surface area (Å²) in [4.78, 5) is 0. The second-order valence-corrected chi connectivity index (χ2v) is 7.43. The van der Waals surface area contributed by atoms with Crippen LogP contribution in [0, 0.1) is 29.6 Å². The summed E-state index contributed by atoms with van der Waals surface area (Å²) in [5.41, 5.74) is 17.4. The zero-order valence-electron chi connectivity index (χ0n) is 15.1. The van der Waals surface area contributed by atoms with E-state index in [1.54, 1.807) is 0 Å². The number of rotatable bonds is 9. The van der Waals surface area contributed by atoms with Gasteiger partial charge in [0.25, 0.3) is 0 Å². The minimum absolute atomic E-state index is 0.0186. The van der Waals surface area contributed by atoms with Gasteiger partial charge in [-0.3, -0.25) is 0 Å². The van der Waals surface area contributed by atoms with Gasteiger partial charge in [-0.15, -0.1) is 0 Å². The van der Waals surface area contributed by atoms with Gasteiger partial charge in [0.2, 0.25) is 0 Å². The molecule has 0 saturated heterocycles. The lowest BCUT2D eigenvalue weighted by Crippen LogP contribution is -2.59. The van der Waals surface area contributed by atoms with Gasteiger partial charge in [-0.05, 0) is 43.1 Å². The molecule has 21 heavy (non-hydrogen) atoms. The minimum atomic E-state index is -0.936. The Hall–Kier alpha value is -0.160. The number of hydrogen-bond acceptors (Lipinski definition) is 4. The lowest BCUT2D eigenvalue weighted by Gasteiger charge is -2.44. The summed E-state index contributed by atoms with van der Waals surface area (Å²) in [6.07, 6.45) is 1.11. The van der Waals surface area contributed by atoms with Crippen LogP contribution in [0.3, 0.4) is 0 Å². The Morgan fingerprint density at radius 1 is 0.952 bits per heavy atom. The van der Waals surface area contributed by atoms with Gasteiger partial charge in [0.1, 0.15) is 0 Å². The molecule has 0 saturated carbocycles. The van der Waals surface area contributed by atoms with Crippen LogP contribution in [0.25, 0.3) is 0 Å². The Morgan fingerprint density at radius 2 is 1.43 bits per heavy atom. The summed E-state index contributed by atoms with van der Waals surface area (Å²) < 4.78 is 0. The highest BCUT2D eigenvalue weighted by atomic mass is 16.3. The Labute approximate surface area is 131 Å². The standard InChI is InChI=1S/C17H39N3O/c1-8-10(2)12(4)14(6)17(7,21)16(20)13(5)15(19)11(3)9-18/h10-16,21H,8-9,18-20H2,1-7H3. The van der Waals surface area contributed by atoms with Crippen LogP contribution in [0.15, 0.2) is 0 Å². The molecule has 0 aromatic carbocycles. The zero-order chi connectivity index (χ0) is 17.0. The highest BCUT2D eigenvalue weighted by Gasteiger charge is 2.42. The molecule has 7 N–H and O–H groups in total. The largest absolute Gasteiger partial charge is 0.388 e. The van der Waals surface area contributed by atoms with Crippen molar-refractivity contribution in [1.29, 1.82) is 0 Å². The van der Waals surface area contributed by atoms with E-state index in [0.29, 0.717) is 18.4 Å². The number of hydrogen-bond donors (Lipinski definition) is 4. The van der Waals surface area contributed by atoms with Gasteiger partial charge in [0, 0.05) is 12.1 Å². The predicted molar refractivity (Wildman–Crippen MR) is 91.7 cm³/mol. The minimum Gasteiger partial charge on any atom is -0.388 e. The van der Waals surface area contributed by atoms with E-state index in [-0.39, 0.29) is 29.8 Å². The summed E-state index contributed by atoms with van der Waals surface area (Å²) in [7, 11) is 0. The molecule has 0 aliphatic carbocycles. The lowest BCUT2D eigenvalue weighted by atomic mass is 9.68. The third-order valence-electron chi connectivity index (χ3n) is 6.13. The molecule has 0 bridgehead atoms. The first-order valence-corrected chi connectivity index (χ1v) is 8.45. The van der Waals surface area contributed by atoms with Crippen LogP contribution in [-0.4, -0.2) is 29.3 Å². The van der Waals surface area contributed by atoms with E-state index >= 15 is 0 Å². The van der Waals surface area contributed by atoms with E-state index in [4.69, 9.17) is 17.2 Å². The van der Waals surface area contributed by atoms with Crippen molar-refractivity contribution in [3.05, 3.63) is 0 Å². The number of aliphatic hydroxyl groups is 1. The Kier molecular flexibility index (Phi) is 8.40. The van der Waals surface area contributed by atoms with E-state index in [2.05, 4.69) is 27.7 Å². The summed E-state index contributed by atoms with van der Waals surface area (Å²) in [5.74, 6) is 1.30. The van der Waals surface area contributed by atoms with Crippen molar-refractivity contribution < 1.29 is 5.11 Å². The first-order chi connectivity index (χ1) is 9.52. The van der Waals surface area contributed by atoms with Crippen LogP contribution in [0.2, 0.25) is 0 Å². The van der Waals surface area contributed by atoms with Gasteiger partial charge < -0.3 is 22.3 Å². The van der Waals surface area contributed by atoms with E-state index in [9.17, 15) is 5.11 Å². The van der Waals surface area contributed by atoms with Crippen molar-refractivity contribution in [3.8, 4) is 0 Å². The topological polar surface area (TPSA) is 98.3 Å². The van der Waals surface area contributed by atoms with E-state index in [0.717, 1.165) is 6.42 Å². The van der Waals surface area contributed by atoms with Gasteiger partial charge in [0.05, 0.1) is 5.60 Å². The molecular formula is C17H39N3O. The van der Waals surface area contributed by atoms with Crippen LogP contribution < -0.4 is 17.2 Å². The smallest absolute Gasteiger partial charge is 0.0801 e. The van der Waals surface area contributed by atoms with Gasteiger partial charge >= 0.3 is 0 Å². The molecule has 0 aliphatic heterocycles. The van der Waals surface area contributed by atoms with Crippen molar-refractivity contribution in [1.82, 2.24) is 0 Å². The molecule has 0 aromatic rings. The third-order valence-corrected chi connectivity index (χ3v) is 6.13. The SMILES string of the molecule is CCC(C)C(C)C(C)C(C)(O)C(N)C(C)C(N)C(C)CN. The second kappa shape index (κ2) is 8.47. The molecule has 4 nitrogen and oxygen atoms in total. The van der Waals surface area contributed by atoms with Crippen molar-refractivity contribution in [2.24, 2.45) is 46.8 Å². The molecule has 0 heterocycles. The summed E-state index contributed by atoms with van der Waals surface area (Å²) >= 11 is 0. The maximum Gasteiger partial charge on any atom is 0.0801 e. The van der Waals surface area contributed by atoms with Crippen molar-refractivity contribution in [2.75, 3.05) is 6.54 Å². The van der Waals surface area contributed by atoms with Gasteiger partial charge in [0.15, 0.2) is 0 Å². The van der Waals surface area contributed by atoms with Gasteiger partial charge in [-0.25, -0.2) is 0 Å².